The van der Waals surface area contributed by atoms with Gasteiger partial charge in [-0.05, 0) is 31.2 Å². The first-order valence-corrected chi connectivity index (χ1v) is 5.48. The van der Waals surface area contributed by atoms with Crippen LogP contribution in [-0.2, 0) is 6.18 Å². The number of halogens is 3. The van der Waals surface area contributed by atoms with Gasteiger partial charge < -0.3 is 5.73 Å². The van der Waals surface area contributed by atoms with Crippen molar-refractivity contribution in [1.82, 2.24) is 4.98 Å². The van der Waals surface area contributed by atoms with Crippen LogP contribution in [0.5, 0.6) is 0 Å². The highest BCUT2D eigenvalue weighted by molar-refractivity contribution is 7.80. The maximum atomic E-state index is 12.6. The summed E-state index contributed by atoms with van der Waals surface area (Å²) in [5.41, 5.74) is 6.32. The second-order valence-corrected chi connectivity index (χ2v) is 4.34. The van der Waals surface area contributed by atoms with Crippen LogP contribution in [0, 0.1) is 6.92 Å². The molecule has 94 valence electrons. The molecule has 0 unspecified atom stereocenters. The Morgan fingerprint density at radius 2 is 1.94 bits per heavy atom. The van der Waals surface area contributed by atoms with Crippen LogP contribution in [0.1, 0.15) is 16.8 Å². The average molecular weight is 270 g/mol. The molecule has 0 bridgehead atoms. The molecular weight excluding hydrogens is 261 g/mol. The predicted molar refractivity (Wildman–Crippen MR) is 67.4 cm³/mol. The minimum Gasteiger partial charge on any atom is -0.389 e. The number of pyridine rings is 1. The fraction of sp³-hybridized carbons (Fsp3) is 0.167. The smallest absolute Gasteiger partial charge is 0.389 e. The monoisotopic (exact) mass is 270 g/mol. The van der Waals surface area contributed by atoms with Crippen LogP contribution in [0.4, 0.5) is 13.2 Å². The van der Waals surface area contributed by atoms with Crippen molar-refractivity contribution in [1.29, 1.82) is 0 Å². The number of alkyl halides is 3. The van der Waals surface area contributed by atoms with Gasteiger partial charge in [0.2, 0.25) is 0 Å². The van der Waals surface area contributed by atoms with Crippen molar-refractivity contribution in [2.24, 2.45) is 5.73 Å². The molecular formula is C12H9F3N2S. The molecule has 0 saturated carbocycles. The average Bonchev–Trinajstić information content (AvgIpc) is 2.25. The first-order valence-electron chi connectivity index (χ1n) is 5.07. The fourth-order valence-corrected chi connectivity index (χ4v) is 1.91. The summed E-state index contributed by atoms with van der Waals surface area (Å²) in [5, 5.41) is 0.322. The van der Waals surface area contributed by atoms with E-state index in [4.69, 9.17) is 18.0 Å². The van der Waals surface area contributed by atoms with Gasteiger partial charge in [-0.1, -0.05) is 12.2 Å². The lowest BCUT2D eigenvalue weighted by Gasteiger charge is -2.10. The van der Waals surface area contributed by atoms with Crippen LogP contribution in [0.3, 0.4) is 0 Å². The molecule has 0 amide bonds. The van der Waals surface area contributed by atoms with Crippen LogP contribution >= 0.6 is 12.2 Å². The molecule has 0 fully saturated rings. The van der Waals surface area contributed by atoms with Gasteiger partial charge in [0, 0.05) is 16.6 Å². The van der Waals surface area contributed by atoms with Gasteiger partial charge in [-0.3, -0.25) is 4.98 Å². The summed E-state index contributed by atoms with van der Waals surface area (Å²) in [7, 11) is 0. The Balaban J connectivity index is 2.79. The highest BCUT2D eigenvalue weighted by Gasteiger charge is 2.30. The Bertz CT molecular complexity index is 635. The number of rotatable bonds is 1. The summed E-state index contributed by atoms with van der Waals surface area (Å²) >= 11 is 4.85. The normalized spacial score (nSPS) is 11.8. The number of aromatic nitrogens is 1. The summed E-state index contributed by atoms with van der Waals surface area (Å²) in [6.45, 7) is 1.74. The Morgan fingerprint density at radius 3 is 2.50 bits per heavy atom. The molecule has 2 aromatic rings. The highest BCUT2D eigenvalue weighted by atomic mass is 32.1. The summed E-state index contributed by atoms with van der Waals surface area (Å²) in [4.78, 5) is 4.22. The molecule has 0 radical (unpaired) electrons. The third kappa shape index (κ3) is 2.28. The minimum atomic E-state index is -4.40. The highest BCUT2D eigenvalue weighted by Crippen LogP contribution is 2.32. The van der Waals surface area contributed by atoms with E-state index in [1.807, 2.05) is 0 Å². The zero-order valence-electron chi connectivity index (χ0n) is 9.38. The number of thiocarbonyl (C=S) groups is 1. The fourth-order valence-electron chi connectivity index (χ4n) is 1.74. The molecule has 2 nitrogen and oxygen atoms in total. The Hall–Kier alpha value is -1.69. The lowest BCUT2D eigenvalue weighted by atomic mass is 10.0. The third-order valence-corrected chi connectivity index (χ3v) is 2.75. The Labute approximate surface area is 107 Å². The predicted octanol–water partition coefficient (Wildman–Crippen LogP) is 3.20. The molecule has 1 aromatic carbocycles. The third-order valence-electron chi connectivity index (χ3n) is 2.53. The van der Waals surface area contributed by atoms with Crippen molar-refractivity contribution in [3.8, 4) is 0 Å². The summed E-state index contributed by atoms with van der Waals surface area (Å²) < 4.78 is 37.9. The van der Waals surface area contributed by atoms with E-state index >= 15 is 0 Å². The van der Waals surface area contributed by atoms with Gasteiger partial charge in [0.25, 0.3) is 0 Å². The molecule has 1 aromatic heterocycles. The first-order chi connectivity index (χ1) is 8.29. The van der Waals surface area contributed by atoms with Gasteiger partial charge in [0.15, 0.2) is 0 Å². The minimum absolute atomic E-state index is 0.0600. The van der Waals surface area contributed by atoms with E-state index in [2.05, 4.69) is 4.98 Å². The number of benzene rings is 1. The standard InChI is InChI=1S/C12H9F3N2S/c1-6-4-9(11(16)18)8-5-7(12(13,14)15)2-3-10(8)17-6/h2-5H,1H3,(H2,16,18). The van der Waals surface area contributed by atoms with E-state index in [-0.39, 0.29) is 4.99 Å². The van der Waals surface area contributed by atoms with E-state index in [1.54, 1.807) is 13.0 Å². The van der Waals surface area contributed by atoms with E-state index in [0.29, 0.717) is 22.2 Å². The maximum Gasteiger partial charge on any atom is 0.416 e. The summed E-state index contributed by atoms with van der Waals surface area (Å²) in [6, 6.07) is 4.94. The van der Waals surface area contributed by atoms with Gasteiger partial charge in [0.05, 0.1) is 11.1 Å². The molecule has 0 aliphatic rings. The Kier molecular flexibility index (Phi) is 2.98. The lowest BCUT2D eigenvalue weighted by molar-refractivity contribution is -0.137. The zero-order chi connectivity index (χ0) is 13.5. The van der Waals surface area contributed by atoms with E-state index < -0.39 is 11.7 Å². The van der Waals surface area contributed by atoms with Crippen LogP contribution < -0.4 is 5.73 Å². The second kappa shape index (κ2) is 4.20. The van der Waals surface area contributed by atoms with Crippen LogP contribution in [0.15, 0.2) is 24.3 Å². The van der Waals surface area contributed by atoms with Crippen molar-refractivity contribution in [2.45, 2.75) is 13.1 Å². The second-order valence-electron chi connectivity index (χ2n) is 3.91. The number of nitrogens with two attached hydrogens (primary N) is 1. The zero-order valence-corrected chi connectivity index (χ0v) is 10.2. The van der Waals surface area contributed by atoms with Crippen molar-refractivity contribution >= 4 is 28.1 Å². The number of hydrogen-bond acceptors (Lipinski definition) is 2. The number of hydrogen-bond donors (Lipinski definition) is 1. The SMILES string of the molecule is Cc1cc(C(N)=S)c2cc(C(F)(F)F)ccc2n1. The van der Waals surface area contributed by atoms with E-state index in [0.717, 1.165) is 12.1 Å². The van der Waals surface area contributed by atoms with E-state index in [9.17, 15) is 13.2 Å². The molecule has 0 atom stereocenters. The molecule has 0 aliphatic heterocycles. The van der Waals surface area contributed by atoms with Gasteiger partial charge in [-0.15, -0.1) is 0 Å². The van der Waals surface area contributed by atoms with Crippen molar-refractivity contribution in [3.63, 3.8) is 0 Å². The van der Waals surface area contributed by atoms with Gasteiger partial charge in [-0.2, -0.15) is 13.2 Å². The first kappa shape index (κ1) is 12.8. The van der Waals surface area contributed by atoms with Crippen LogP contribution in [0.25, 0.3) is 10.9 Å². The maximum absolute atomic E-state index is 12.6. The quantitative estimate of drug-likeness (QED) is 0.809. The number of fused-ring (bicyclic) bond motifs is 1. The van der Waals surface area contributed by atoms with E-state index in [1.165, 1.54) is 6.07 Å². The molecule has 6 heteroatoms. The van der Waals surface area contributed by atoms with Gasteiger partial charge in [0.1, 0.15) is 4.99 Å². The van der Waals surface area contributed by atoms with Gasteiger partial charge >= 0.3 is 6.18 Å². The molecule has 1 heterocycles. The number of aryl methyl sites for hydroxylation is 1. The number of nitrogens with zero attached hydrogens (tertiary/aromatic N) is 1. The largest absolute Gasteiger partial charge is 0.416 e. The van der Waals surface area contributed by atoms with Crippen molar-refractivity contribution < 1.29 is 13.2 Å². The molecule has 18 heavy (non-hydrogen) atoms. The van der Waals surface area contributed by atoms with Gasteiger partial charge in [-0.25, -0.2) is 0 Å². The molecule has 0 aliphatic carbocycles. The van der Waals surface area contributed by atoms with Crippen molar-refractivity contribution in [3.05, 3.63) is 41.1 Å². The lowest BCUT2D eigenvalue weighted by Crippen LogP contribution is -2.12. The summed E-state index contributed by atoms with van der Waals surface area (Å²) in [6.07, 6.45) is -4.40. The van der Waals surface area contributed by atoms with Crippen LogP contribution in [0.2, 0.25) is 0 Å². The molecule has 2 N–H and O–H groups in total. The molecule has 0 spiro atoms. The van der Waals surface area contributed by atoms with Crippen molar-refractivity contribution in [2.75, 3.05) is 0 Å². The Morgan fingerprint density at radius 1 is 1.28 bits per heavy atom. The van der Waals surface area contributed by atoms with Crippen LogP contribution in [-0.4, -0.2) is 9.97 Å². The molecule has 0 saturated heterocycles. The topological polar surface area (TPSA) is 38.9 Å². The molecule has 2 rings (SSSR count). The summed E-state index contributed by atoms with van der Waals surface area (Å²) in [5.74, 6) is 0.